The molecule has 2 rings (SSSR count). The topological polar surface area (TPSA) is 49.8 Å². The Morgan fingerprint density at radius 3 is 2.39 bits per heavy atom. The van der Waals surface area contributed by atoms with Gasteiger partial charge in [-0.25, -0.2) is 0 Å². The van der Waals surface area contributed by atoms with Crippen LogP contribution in [0.1, 0.15) is 88.7 Å². The molecule has 0 fully saturated rings. The van der Waals surface area contributed by atoms with Gasteiger partial charge in [-0.15, -0.1) is 0 Å². The minimum atomic E-state index is -0.847. The van der Waals surface area contributed by atoms with Crippen molar-refractivity contribution < 1.29 is 14.6 Å². The second-order valence-corrected chi connectivity index (χ2v) is 8.71. The van der Waals surface area contributed by atoms with Crippen LogP contribution < -0.4 is 4.74 Å². The number of rotatable bonds is 11. The predicted octanol–water partition coefficient (Wildman–Crippen LogP) is 6.67. The van der Waals surface area contributed by atoms with Gasteiger partial charge in [-0.3, -0.25) is 4.79 Å². The summed E-state index contributed by atoms with van der Waals surface area (Å²) in [6.45, 7) is 10.3. The van der Waals surface area contributed by atoms with Crippen molar-refractivity contribution in [2.24, 2.45) is 0 Å². The van der Waals surface area contributed by atoms with Crippen molar-refractivity contribution in [3.05, 3.63) is 53.6 Å². The molecule has 0 aliphatic carbocycles. The van der Waals surface area contributed by atoms with Crippen molar-refractivity contribution >= 4 is 16.7 Å². The van der Waals surface area contributed by atoms with Gasteiger partial charge in [0.25, 0.3) is 5.91 Å². The van der Waals surface area contributed by atoms with Crippen LogP contribution in [-0.2, 0) is 0 Å². The number of nitrogens with zero attached hydrogens (tertiary/aromatic N) is 1. The largest absolute Gasteiger partial charge is 0.496 e. The molecular formula is C27H39NO3. The van der Waals surface area contributed by atoms with Crippen LogP contribution in [0.4, 0.5) is 0 Å². The smallest absolute Gasteiger partial charge is 0.255 e. The number of fused-ring (bicyclic) bond motifs is 1. The minimum Gasteiger partial charge on any atom is -0.496 e. The number of amides is 1. The van der Waals surface area contributed by atoms with Crippen molar-refractivity contribution in [3.63, 3.8) is 0 Å². The molecule has 0 aromatic heterocycles. The van der Waals surface area contributed by atoms with Gasteiger partial charge in [0.15, 0.2) is 0 Å². The summed E-state index contributed by atoms with van der Waals surface area (Å²) >= 11 is 0. The molecule has 170 valence electrons. The molecule has 1 amide bonds. The number of ether oxygens (including phenoxy) is 1. The average Bonchev–Trinajstić information content (AvgIpc) is 2.74. The van der Waals surface area contributed by atoms with Crippen molar-refractivity contribution in [2.45, 2.75) is 84.9 Å². The highest BCUT2D eigenvalue weighted by Gasteiger charge is 2.28. The Bertz CT molecular complexity index is 877. The maximum Gasteiger partial charge on any atom is 0.255 e. The number of unbranched alkanes of at least 4 members (excludes halogenated alkanes) is 4. The Hall–Kier alpha value is -2.33. The van der Waals surface area contributed by atoms with E-state index in [-0.39, 0.29) is 18.0 Å². The molecule has 0 heterocycles. The van der Waals surface area contributed by atoms with Crippen LogP contribution in [0.2, 0.25) is 0 Å². The van der Waals surface area contributed by atoms with E-state index < -0.39 is 6.10 Å². The Morgan fingerprint density at radius 1 is 1.06 bits per heavy atom. The molecule has 4 nitrogen and oxygen atoms in total. The molecule has 1 atom stereocenters. The fourth-order valence-corrected chi connectivity index (χ4v) is 4.22. The monoisotopic (exact) mass is 425 g/mol. The van der Waals surface area contributed by atoms with E-state index in [4.69, 9.17) is 4.74 Å². The number of methoxy groups -OCH3 is 1. The molecule has 0 saturated heterocycles. The second kappa shape index (κ2) is 11.9. The molecule has 0 saturated carbocycles. The highest BCUT2D eigenvalue weighted by Crippen LogP contribution is 2.35. The van der Waals surface area contributed by atoms with E-state index >= 15 is 0 Å². The third kappa shape index (κ3) is 6.10. The van der Waals surface area contributed by atoms with Crippen molar-refractivity contribution in [1.82, 2.24) is 4.90 Å². The summed E-state index contributed by atoms with van der Waals surface area (Å²) in [6, 6.07) is 9.67. The molecular weight excluding hydrogens is 386 g/mol. The quantitative estimate of drug-likeness (QED) is 0.323. The molecule has 0 radical (unpaired) electrons. The van der Waals surface area contributed by atoms with Crippen LogP contribution in [0.15, 0.2) is 42.5 Å². The molecule has 0 unspecified atom stereocenters. The fourth-order valence-electron chi connectivity index (χ4n) is 4.22. The zero-order valence-corrected chi connectivity index (χ0v) is 20.0. The fraction of sp³-hybridized carbons (Fsp3) is 0.519. The normalized spacial score (nSPS) is 12.8. The minimum absolute atomic E-state index is 0.0385. The van der Waals surface area contributed by atoms with E-state index in [0.29, 0.717) is 16.9 Å². The van der Waals surface area contributed by atoms with Gasteiger partial charge in [0.05, 0.1) is 18.8 Å². The van der Waals surface area contributed by atoms with Crippen LogP contribution in [0, 0.1) is 0 Å². The van der Waals surface area contributed by atoms with E-state index in [9.17, 15) is 9.90 Å². The number of hydrogen-bond donors (Lipinski definition) is 1. The first-order valence-electron chi connectivity index (χ1n) is 11.6. The third-order valence-electron chi connectivity index (χ3n) is 5.68. The first-order valence-corrected chi connectivity index (χ1v) is 11.6. The number of benzene rings is 2. The van der Waals surface area contributed by atoms with Gasteiger partial charge in [0.2, 0.25) is 0 Å². The van der Waals surface area contributed by atoms with E-state index in [1.807, 2.05) is 75.1 Å². The SMILES string of the molecule is CCCCCC/C=C/[C@@H](O)c1ccc2cccc(OC)c2c1C(=O)N(C(C)C)C(C)C. The van der Waals surface area contributed by atoms with Crippen LogP contribution >= 0.6 is 0 Å². The van der Waals surface area contributed by atoms with Crippen molar-refractivity contribution in [1.29, 1.82) is 0 Å². The van der Waals surface area contributed by atoms with Crippen LogP contribution in [0.5, 0.6) is 5.75 Å². The molecule has 0 bridgehead atoms. The van der Waals surface area contributed by atoms with Gasteiger partial charge < -0.3 is 14.7 Å². The number of hydrogen-bond acceptors (Lipinski definition) is 3. The lowest BCUT2D eigenvalue weighted by molar-refractivity contribution is 0.0641. The van der Waals surface area contributed by atoms with Gasteiger partial charge >= 0.3 is 0 Å². The molecule has 2 aromatic rings. The molecule has 0 spiro atoms. The van der Waals surface area contributed by atoms with Crippen molar-refractivity contribution in [3.8, 4) is 5.75 Å². The Balaban J connectivity index is 2.54. The van der Waals surface area contributed by atoms with Gasteiger partial charge in [-0.2, -0.15) is 0 Å². The summed E-state index contributed by atoms with van der Waals surface area (Å²) in [5.41, 5.74) is 1.15. The Morgan fingerprint density at radius 2 is 1.77 bits per heavy atom. The lowest BCUT2D eigenvalue weighted by Gasteiger charge is -2.32. The lowest BCUT2D eigenvalue weighted by atomic mass is 9.93. The number of carbonyl (C=O) groups is 1. The number of allylic oxidation sites excluding steroid dienone is 1. The zero-order valence-electron chi connectivity index (χ0n) is 20.0. The maximum absolute atomic E-state index is 13.8. The van der Waals surface area contributed by atoms with Gasteiger partial charge in [0, 0.05) is 17.5 Å². The van der Waals surface area contributed by atoms with E-state index in [1.54, 1.807) is 7.11 Å². The summed E-state index contributed by atoms with van der Waals surface area (Å²) < 4.78 is 5.62. The first kappa shape index (κ1) is 24.9. The molecule has 4 heteroatoms. The van der Waals surface area contributed by atoms with Crippen LogP contribution in [0.3, 0.4) is 0 Å². The van der Waals surface area contributed by atoms with E-state index in [2.05, 4.69) is 6.92 Å². The van der Waals surface area contributed by atoms with Crippen LogP contribution in [-0.4, -0.2) is 35.1 Å². The summed E-state index contributed by atoms with van der Waals surface area (Å²) in [7, 11) is 1.62. The second-order valence-electron chi connectivity index (χ2n) is 8.71. The lowest BCUT2D eigenvalue weighted by Crippen LogP contribution is -2.42. The maximum atomic E-state index is 13.8. The average molecular weight is 426 g/mol. The summed E-state index contributed by atoms with van der Waals surface area (Å²) in [6.07, 6.45) is 8.69. The highest BCUT2D eigenvalue weighted by atomic mass is 16.5. The number of aliphatic hydroxyl groups is 1. The highest BCUT2D eigenvalue weighted by molar-refractivity contribution is 6.11. The third-order valence-corrected chi connectivity index (χ3v) is 5.68. The molecule has 31 heavy (non-hydrogen) atoms. The van der Waals surface area contributed by atoms with Crippen molar-refractivity contribution in [2.75, 3.05) is 7.11 Å². The summed E-state index contributed by atoms with van der Waals surface area (Å²) in [5, 5.41) is 12.7. The molecule has 1 N–H and O–H groups in total. The number of carbonyl (C=O) groups excluding carboxylic acids is 1. The Kier molecular flexibility index (Phi) is 9.57. The molecule has 0 aliphatic rings. The van der Waals surface area contributed by atoms with Crippen LogP contribution in [0.25, 0.3) is 10.8 Å². The summed E-state index contributed by atoms with van der Waals surface area (Å²) in [4.78, 5) is 15.7. The standard InChI is InChI=1S/C27H39NO3/c1-7-8-9-10-11-12-15-23(29)22-18-17-21-14-13-16-24(31-6)25(21)26(22)27(30)28(19(2)3)20(4)5/h12-20,23,29H,7-11H2,1-6H3/b15-12+/t23-/m1/s1. The van der Waals surface area contributed by atoms with E-state index in [1.165, 1.54) is 19.3 Å². The van der Waals surface area contributed by atoms with Gasteiger partial charge in [-0.05, 0) is 57.6 Å². The molecule has 0 aliphatic heterocycles. The summed E-state index contributed by atoms with van der Waals surface area (Å²) in [5.74, 6) is 0.566. The number of aliphatic hydroxyl groups excluding tert-OH is 1. The van der Waals surface area contributed by atoms with Gasteiger partial charge in [-0.1, -0.05) is 62.6 Å². The first-order chi connectivity index (χ1) is 14.8. The van der Waals surface area contributed by atoms with Gasteiger partial charge in [0.1, 0.15) is 5.75 Å². The van der Waals surface area contributed by atoms with E-state index in [0.717, 1.165) is 23.6 Å². The molecule has 2 aromatic carbocycles. The zero-order chi connectivity index (χ0) is 23.0. The Labute approximate surface area is 187 Å². The predicted molar refractivity (Wildman–Crippen MR) is 130 cm³/mol.